The van der Waals surface area contributed by atoms with Crippen LogP contribution in [0, 0.1) is 18.3 Å². The van der Waals surface area contributed by atoms with Crippen molar-refractivity contribution in [1.82, 2.24) is 5.32 Å². The van der Waals surface area contributed by atoms with E-state index in [0.29, 0.717) is 22.0 Å². The van der Waals surface area contributed by atoms with Gasteiger partial charge in [-0.2, -0.15) is 0 Å². The number of amides is 2. The smallest absolute Gasteiger partial charge is 0.256 e. The molecule has 0 bridgehead atoms. The second-order valence-electron chi connectivity index (χ2n) is 10.5. The Hall–Kier alpha value is -2.14. The van der Waals surface area contributed by atoms with Gasteiger partial charge in [0.05, 0.1) is 5.56 Å². The van der Waals surface area contributed by atoms with E-state index < -0.39 is 0 Å². The summed E-state index contributed by atoms with van der Waals surface area (Å²) in [5.41, 5.74) is 3.35. The number of aryl methyl sites for hydroxylation is 1. The van der Waals surface area contributed by atoms with E-state index in [1.807, 2.05) is 52.0 Å². The molecule has 1 atom stereocenters. The van der Waals surface area contributed by atoms with Crippen LogP contribution in [0.3, 0.4) is 0 Å². The third-order valence-corrected chi connectivity index (χ3v) is 6.92. The Morgan fingerprint density at radius 2 is 1.63 bits per heavy atom. The summed E-state index contributed by atoms with van der Waals surface area (Å²) in [5.74, 6) is 0.294. The second kappa shape index (κ2) is 8.18. The fourth-order valence-corrected chi connectivity index (χ4v) is 5.26. The number of carbonyl (C=O) groups excluding carboxylic acids is 2. The van der Waals surface area contributed by atoms with Crippen LogP contribution in [-0.2, 0) is 12.8 Å². The maximum Gasteiger partial charge on any atom is 0.256 e. The second-order valence-corrected chi connectivity index (χ2v) is 11.6. The third-order valence-electron chi connectivity index (χ3n) is 5.75. The highest BCUT2D eigenvalue weighted by Crippen LogP contribution is 2.44. The van der Waals surface area contributed by atoms with E-state index in [4.69, 9.17) is 0 Å². The van der Waals surface area contributed by atoms with Crippen molar-refractivity contribution in [3.63, 3.8) is 0 Å². The monoisotopic (exact) mass is 426 g/mol. The average Bonchev–Trinajstić information content (AvgIpc) is 2.97. The van der Waals surface area contributed by atoms with Gasteiger partial charge in [0.25, 0.3) is 11.8 Å². The van der Waals surface area contributed by atoms with Gasteiger partial charge in [-0.3, -0.25) is 9.59 Å². The van der Waals surface area contributed by atoms with E-state index in [2.05, 4.69) is 31.4 Å². The first-order chi connectivity index (χ1) is 13.8. The van der Waals surface area contributed by atoms with Crippen LogP contribution >= 0.6 is 11.3 Å². The Kier molecular flexibility index (Phi) is 6.15. The normalized spacial score (nSPS) is 16.7. The highest BCUT2D eigenvalue weighted by Gasteiger charge is 2.34. The van der Waals surface area contributed by atoms with Crippen molar-refractivity contribution < 1.29 is 9.59 Å². The molecule has 1 aromatic carbocycles. The van der Waals surface area contributed by atoms with Gasteiger partial charge in [0, 0.05) is 16.0 Å². The molecule has 4 nitrogen and oxygen atoms in total. The van der Waals surface area contributed by atoms with Crippen LogP contribution < -0.4 is 10.6 Å². The first kappa shape index (κ1) is 22.5. The predicted octanol–water partition coefficient (Wildman–Crippen LogP) is 5.99. The molecule has 3 rings (SSSR count). The van der Waals surface area contributed by atoms with Crippen LogP contribution in [0.5, 0.6) is 0 Å². The fourth-order valence-electron chi connectivity index (χ4n) is 3.94. The summed E-state index contributed by atoms with van der Waals surface area (Å²) in [6, 6.07) is 7.50. The number of fused-ring (bicyclic) bond motifs is 1. The highest BCUT2D eigenvalue weighted by molar-refractivity contribution is 7.17. The summed E-state index contributed by atoms with van der Waals surface area (Å²) in [7, 11) is 0. The van der Waals surface area contributed by atoms with Crippen LogP contribution in [0.2, 0.25) is 0 Å². The summed E-state index contributed by atoms with van der Waals surface area (Å²) in [5, 5.41) is 6.80. The molecule has 0 aliphatic heterocycles. The first-order valence-corrected chi connectivity index (χ1v) is 11.5. The van der Waals surface area contributed by atoms with Crippen LogP contribution in [0.15, 0.2) is 24.3 Å². The molecule has 0 fully saturated rings. The van der Waals surface area contributed by atoms with E-state index in [1.54, 1.807) is 11.3 Å². The molecule has 5 heteroatoms. The maximum atomic E-state index is 13.2. The van der Waals surface area contributed by atoms with E-state index in [0.717, 1.165) is 30.4 Å². The number of thiophene rings is 1. The molecule has 30 heavy (non-hydrogen) atoms. The minimum atomic E-state index is -0.341. The summed E-state index contributed by atoms with van der Waals surface area (Å²) in [4.78, 5) is 27.3. The minimum absolute atomic E-state index is 0.103. The largest absolute Gasteiger partial charge is 0.347 e. The van der Waals surface area contributed by atoms with E-state index in [-0.39, 0.29) is 22.8 Å². The Morgan fingerprint density at radius 1 is 1.00 bits per heavy atom. The number of hydrogen-bond donors (Lipinski definition) is 2. The lowest BCUT2D eigenvalue weighted by Gasteiger charge is -2.34. The van der Waals surface area contributed by atoms with Crippen molar-refractivity contribution in [2.75, 3.05) is 5.32 Å². The SMILES string of the molecule is Cc1ccc(C(=O)Nc2sc3c(c2C(=O)NC(C)(C)C)CCC(C(C)(C)C)C3)cc1. The van der Waals surface area contributed by atoms with Crippen molar-refractivity contribution in [3.8, 4) is 0 Å². The van der Waals surface area contributed by atoms with Gasteiger partial charge in [0.1, 0.15) is 5.00 Å². The number of carbonyl (C=O) groups is 2. The zero-order chi connectivity index (χ0) is 22.3. The first-order valence-electron chi connectivity index (χ1n) is 10.7. The Morgan fingerprint density at radius 3 is 2.20 bits per heavy atom. The molecule has 0 radical (unpaired) electrons. The van der Waals surface area contributed by atoms with Gasteiger partial charge in [-0.1, -0.05) is 38.5 Å². The summed E-state index contributed by atoms with van der Waals surface area (Å²) in [6.45, 7) is 14.8. The Labute approximate surface area is 184 Å². The summed E-state index contributed by atoms with van der Waals surface area (Å²) < 4.78 is 0. The number of benzene rings is 1. The van der Waals surface area contributed by atoms with Crippen molar-refractivity contribution in [1.29, 1.82) is 0 Å². The number of anilines is 1. The zero-order valence-corrected chi connectivity index (χ0v) is 20.0. The predicted molar refractivity (Wildman–Crippen MR) is 126 cm³/mol. The topological polar surface area (TPSA) is 58.2 Å². The van der Waals surface area contributed by atoms with Crippen LogP contribution in [0.25, 0.3) is 0 Å². The molecular formula is C25H34N2O2S. The lowest BCUT2D eigenvalue weighted by Crippen LogP contribution is -2.41. The molecular weight excluding hydrogens is 392 g/mol. The average molecular weight is 427 g/mol. The van der Waals surface area contributed by atoms with Gasteiger partial charge in [-0.05, 0) is 76.0 Å². The summed E-state index contributed by atoms with van der Waals surface area (Å²) in [6.07, 6.45) is 2.90. The minimum Gasteiger partial charge on any atom is -0.347 e. The molecule has 2 amide bonds. The van der Waals surface area contributed by atoms with Gasteiger partial charge in [0.15, 0.2) is 0 Å². The number of rotatable bonds is 3. The summed E-state index contributed by atoms with van der Waals surface area (Å²) >= 11 is 1.57. The molecule has 162 valence electrons. The van der Waals surface area contributed by atoms with Crippen LogP contribution in [0.1, 0.15) is 84.7 Å². The van der Waals surface area contributed by atoms with Gasteiger partial charge in [0.2, 0.25) is 0 Å². The highest BCUT2D eigenvalue weighted by atomic mass is 32.1. The number of nitrogens with one attached hydrogen (secondary N) is 2. The zero-order valence-electron chi connectivity index (χ0n) is 19.2. The molecule has 0 spiro atoms. The van der Waals surface area contributed by atoms with Gasteiger partial charge in [-0.25, -0.2) is 0 Å². The molecule has 1 aromatic heterocycles. The molecule has 0 saturated heterocycles. The fraction of sp³-hybridized carbons (Fsp3) is 0.520. The lowest BCUT2D eigenvalue weighted by molar-refractivity contribution is 0.0919. The third kappa shape index (κ3) is 5.12. The van der Waals surface area contributed by atoms with Crippen LogP contribution in [-0.4, -0.2) is 17.4 Å². The lowest BCUT2D eigenvalue weighted by atomic mass is 9.72. The standard InChI is InChI=1S/C25H34N2O2S/c1-15-8-10-16(11-9-15)21(28)26-23-20(22(29)27-25(5,6)7)18-13-12-17(24(2,3)4)14-19(18)30-23/h8-11,17H,12-14H2,1-7H3,(H,26,28)(H,27,29). The molecule has 1 heterocycles. The molecule has 0 saturated carbocycles. The van der Waals surface area contributed by atoms with Gasteiger partial charge < -0.3 is 10.6 Å². The molecule has 1 aliphatic carbocycles. The van der Waals surface area contributed by atoms with E-state index in [9.17, 15) is 9.59 Å². The van der Waals surface area contributed by atoms with Gasteiger partial charge in [-0.15, -0.1) is 11.3 Å². The quantitative estimate of drug-likeness (QED) is 0.633. The van der Waals surface area contributed by atoms with Crippen LogP contribution in [0.4, 0.5) is 5.00 Å². The molecule has 2 aromatic rings. The molecule has 2 N–H and O–H groups in total. The number of hydrogen-bond acceptors (Lipinski definition) is 3. The van der Waals surface area contributed by atoms with Crippen molar-refractivity contribution >= 4 is 28.2 Å². The maximum absolute atomic E-state index is 13.2. The van der Waals surface area contributed by atoms with E-state index in [1.165, 1.54) is 4.88 Å². The Bertz CT molecular complexity index is 943. The van der Waals surface area contributed by atoms with Crippen molar-refractivity contribution in [3.05, 3.63) is 51.4 Å². The van der Waals surface area contributed by atoms with Gasteiger partial charge >= 0.3 is 0 Å². The molecule has 1 aliphatic rings. The van der Waals surface area contributed by atoms with Crippen molar-refractivity contribution in [2.45, 2.75) is 73.3 Å². The van der Waals surface area contributed by atoms with E-state index >= 15 is 0 Å². The van der Waals surface area contributed by atoms with Crippen molar-refractivity contribution in [2.24, 2.45) is 11.3 Å². The Balaban J connectivity index is 1.97. The molecule has 1 unspecified atom stereocenters.